The van der Waals surface area contributed by atoms with Crippen molar-refractivity contribution in [3.63, 3.8) is 0 Å². The van der Waals surface area contributed by atoms with Crippen LogP contribution in [0.15, 0.2) is 24.4 Å². The molecule has 3 N–H and O–H groups in total. The molecule has 0 radical (unpaired) electrons. The maximum absolute atomic E-state index is 6.07. The average Bonchev–Trinajstić information content (AvgIpc) is 2.47. The number of aryl methyl sites for hydroxylation is 1. The molecule has 0 bridgehead atoms. The molecule has 2 aromatic heterocycles. The van der Waals surface area contributed by atoms with Crippen molar-refractivity contribution in [2.75, 3.05) is 17.7 Å². The van der Waals surface area contributed by atoms with Gasteiger partial charge in [-0.05, 0) is 25.0 Å². The summed E-state index contributed by atoms with van der Waals surface area (Å²) in [6, 6.07) is 5.76. The minimum atomic E-state index is 0.407. The van der Waals surface area contributed by atoms with Gasteiger partial charge in [-0.15, -0.1) is 0 Å². The number of hydrogen-bond donors (Lipinski definition) is 2. The number of nitrogens with two attached hydrogens (primary N) is 1. The van der Waals surface area contributed by atoms with Crippen LogP contribution in [0.1, 0.15) is 25.4 Å². The van der Waals surface area contributed by atoms with Gasteiger partial charge in [0, 0.05) is 6.20 Å². The molecule has 21 heavy (non-hydrogen) atoms. The Morgan fingerprint density at radius 1 is 1.29 bits per heavy atom. The molecule has 0 saturated heterocycles. The Bertz CT molecular complexity index is 586. The molecule has 112 valence electrons. The van der Waals surface area contributed by atoms with Gasteiger partial charge in [-0.25, -0.2) is 4.98 Å². The number of aromatic nitrogens is 3. The summed E-state index contributed by atoms with van der Waals surface area (Å²) in [6.45, 7) is 7.08. The molecule has 0 saturated carbocycles. The van der Waals surface area contributed by atoms with E-state index in [0.717, 1.165) is 5.69 Å². The summed E-state index contributed by atoms with van der Waals surface area (Å²) < 4.78 is 5.64. The van der Waals surface area contributed by atoms with Crippen molar-refractivity contribution in [1.82, 2.24) is 15.0 Å². The zero-order valence-electron chi connectivity index (χ0n) is 12.6. The van der Waals surface area contributed by atoms with Crippen LogP contribution >= 0.6 is 0 Å². The number of hydrogen-bond acceptors (Lipinski definition) is 6. The fourth-order valence-electron chi connectivity index (χ4n) is 1.72. The van der Waals surface area contributed by atoms with Crippen LogP contribution in [-0.4, -0.2) is 21.6 Å². The molecule has 0 amide bonds. The number of anilines is 2. The Hall–Kier alpha value is -2.37. The second kappa shape index (κ2) is 6.88. The van der Waals surface area contributed by atoms with Crippen LogP contribution < -0.4 is 15.8 Å². The Kier molecular flexibility index (Phi) is 4.92. The Labute approximate surface area is 124 Å². The highest BCUT2D eigenvalue weighted by molar-refractivity contribution is 5.66. The first-order chi connectivity index (χ1) is 10.1. The highest BCUT2D eigenvalue weighted by Gasteiger charge is 2.12. The zero-order chi connectivity index (χ0) is 15.2. The minimum Gasteiger partial charge on any atom is -0.476 e. The van der Waals surface area contributed by atoms with Gasteiger partial charge in [0.2, 0.25) is 5.88 Å². The van der Waals surface area contributed by atoms with Gasteiger partial charge >= 0.3 is 0 Å². The van der Waals surface area contributed by atoms with Crippen LogP contribution in [0.3, 0.4) is 0 Å². The van der Waals surface area contributed by atoms with Gasteiger partial charge in [-0.1, -0.05) is 19.9 Å². The summed E-state index contributed by atoms with van der Waals surface area (Å²) >= 11 is 0. The van der Waals surface area contributed by atoms with E-state index in [4.69, 9.17) is 10.5 Å². The monoisotopic (exact) mass is 287 g/mol. The average molecular weight is 287 g/mol. The third-order valence-corrected chi connectivity index (χ3v) is 2.74. The summed E-state index contributed by atoms with van der Waals surface area (Å²) in [5, 5.41) is 3.18. The lowest BCUT2D eigenvalue weighted by atomic mass is 10.2. The molecule has 2 aromatic rings. The molecule has 0 aliphatic carbocycles. The number of pyridine rings is 1. The van der Waals surface area contributed by atoms with Crippen molar-refractivity contribution >= 4 is 11.5 Å². The van der Waals surface area contributed by atoms with E-state index in [2.05, 4.69) is 34.1 Å². The van der Waals surface area contributed by atoms with Crippen LogP contribution in [0.4, 0.5) is 11.5 Å². The van der Waals surface area contributed by atoms with Crippen LogP contribution in [0.2, 0.25) is 0 Å². The Balaban J connectivity index is 2.11. The second-order valence-corrected chi connectivity index (χ2v) is 5.22. The largest absolute Gasteiger partial charge is 0.476 e. The highest BCUT2D eigenvalue weighted by Crippen LogP contribution is 2.26. The van der Waals surface area contributed by atoms with Crippen LogP contribution in [0.5, 0.6) is 5.88 Å². The molecule has 0 unspecified atom stereocenters. The molecule has 6 nitrogen and oxygen atoms in total. The van der Waals surface area contributed by atoms with Crippen molar-refractivity contribution in [1.29, 1.82) is 0 Å². The summed E-state index contributed by atoms with van der Waals surface area (Å²) in [7, 11) is 0. The van der Waals surface area contributed by atoms with Gasteiger partial charge in [0.1, 0.15) is 11.5 Å². The Morgan fingerprint density at radius 3 is 2.76 bits per heavy atom. The number of nitrogens with zero attached hydrogens (tertiary/aromatic N) is 3. The summed E-state index contributed by atoms with van der Waals surface area (Å²) in [5.74, 6) is 2.03. The molecule has 0 spiro atoms. The van der Waals surface area contributed by atoms with E-state index in [1.54, 1.807) is 6.20 Å². The fourth-order valence-corrected chi connectivity index (χ4v) is 1.72. The standard InChI is InChI=1S/C15H21N5O/c1-10(2)9-21-15-13(16)14(19-11(3)20-15)18-8-12-6-4-5-7-17-12/h4-7,10H,8-9,16H2,1-3H3,(H,18,19,20). The fraction of sp³-hybridized carbons (Fsp3) is 0.400. The first-order valence-electron chi connectivity index (χ1n) is 6.97. The maximum atomic E-state index is 6.07. The minimum absolute atomic E-state index is 0.407. The van der Waals surface area contributed by atoms with Crippen LogP contribution in [-0.2, 0) is 6.54 Å². The molecule has 0 aliphatic heterocycles. The second-order valence-electron chi connectivity index (χ2n) is 5.22. The molecule has 2 rings (SSSR count). The van der Waals surface area contributed by atoms with Crippen molar-refractivity contribution in [2.24, 2.45) is 5.92 Å². The number of ether oxygens (including phenoxy) is 1. The molecule has 0 aromatic carbocycles. The van der Waals surface area contributed by atoms with E-state index in [1.165, 1.54) is 0 Å². The number of rotatable bonds is 6. The van der Waals surface area contributed by atoms with Gasteiger partial charge in [0.25, 0.3) is 0 Å². The summed E-state index contributed by atoms with van der Waals surface area (Å²) in [4.78, 5) is 12.8. The van der Waals surface area contributed by atoms with Gasteiger partial charge in [-0.3, -0.25) is 4.98 Å². The highest BCUT2D eigenvalue weighted by atomic mass is 16.5. The zero-order valence-corrected chi connectivity index (χ0v) is 12.6. The lowest BCUT2D eigenvalue weighted by Gasteiger charge is -2.14. The molecule has 0 fully saturated rings. The molecule has 2 heterocycles. The third-order valence-electron chi connectivity index (χ3n) is 2.74. The summed E-state index contributed by atoms with van der Waals surface area (Å²) in [6.07, 6.45) is 1.75. The molecular weight excluding hydrogens is 266 g/mol. The first kappa shape index (κ1) is 15.0. The van der Waals surface area contributed by atoms with Gasteiger partial charge < -0.3 is 15.8 Å². The number of nitrogens with one attached hydrogen (secondary N) is 1. The van der Waals surface area contributed by atoms with E-state index in [-0.39, 0.29) is 0 Å². The van der Waals surface area contributed by atoms with Crippen molar-refractivity contribution in [2.45, 2.75) is 27.3 Å². The molecule has 0 aliphatic rings. The number of nitrogen functional groups attached to an aromatic ring is 1. The molecule has 0 atom stereocenters. The smallest absolute Gasteiger partial charge is 0.242 e. The predicted molar refractivity (Wildman–Crippen MR) is 83.1 cm³/mol. The van der Waals surface area contributed by atoms with Crippen molar-refractivity contribution < 1.29 is 4.74 Å². The van der Waals surface area contributed by atoms with E-state index < -0.39 is 0 Å². The van der Waals surface area contributed by atoms with E-state index in [9.17, 15) is 0 Å². The van der Waals surface area contributed by atoms with Crippen LogP contribution in [0, 0.1) is 12.8 Å². The SMILES string of the molecule is Cc1nc(NCc2ccccn2)c(N)c(OCC(C)C)n1. The van der Waals surface area contributed by atoms with E-state index >= 15 is 0 Å². The van der Waals surface area contributed by atoms with Gasteiger partial charge in [0.15, 0.2) is 5.82 Å². The molecule has 6 heteroatoms. The topological polar surface area (TPSA) is 86.0 Å². The van der Waals surface area contributed by atoms with Crippen LogP contribution in [0.25, 0.3) is 0 Å². The van der Waals surface area contributed by atoms with Crippen molar-refractivity contribution in [3.05, 3.63) is 35.9 Å². The van der Waals surface area contributed by atoms with Gasteiger partial charge in [0.05, 0.1) is 18.8 Å². The lowest BCUT2D eigenvalue weighted by molar-refractivity contribution is 0.262. The van der Waals surface area contributed by atoms with Crippen molar-refractivity contribution in [3.8, 4) is 5.88 Å². The Morgan fingerprint density at radius 2 is 2.10 bits per heavy atom. The third kappa shape index (κ3) is 4.30. The van der Waals surface area contributed by atoms with E-state index in [0.29, 0.717) is 42.3 Å². The molecular formula is C15H21N5O. The summed E-state index contributed by atoms with van der Waals surface area (Å²) in [5.41, 5.74) is 7.41. The maximum Gasteiger partial charge on any atom is 0.242 e. The van der Waals surface area contributed by atoms with Gasteiger partial charge in [-0.2, -0.15) is 4.98 Å². The quantitative estimate of drug-likeness (QED) is 0.848. The normalized spacial score (nSPS) is 10.7. The predicted octanol–water partition coefficient (Wildman–Crippen LogP) is 2.41. The van der Waals surface area contributed by atoms with E-state index in [1.807, 2.05) is 25.1 Å². The first-order valence-corrected chi connectivity index (χ1v) is 6.97. The lowest BCUT2D eigenvalue weighted by Crippen LogP contribution is -2.12.